The molecule has 0 unspecified atom stereocenters. The van der Waals surface area contributed by atoms with Crippen LogP contribution in [-0.4, -0.2) is 34.6 Å². The largest absolute Gasteiger partial charge is 0.435 e. The van der Waals surface area contributed by atoms with Crippen molar-refractivity contribution in [1.82, 2.24) is 15.0 Å². The van der Waals surface area contributed by atoms with E-state index in [2.05, 4.69) is 14.9 Å². The number of halogens is 2. The highest BCUT2D eigenvalue weighted by molar-refractivity contribution is 7.98. The summed E-state index contributed by atoms with van der Waals surface area (Å²) < 4.78 is 33.9. The number of thioether (sulfide) groups is 1. The molecule has 0 bridgehead atoms. The minimum atomic E-state index is -2.87. The third kappa shape index (κ3) is 5.77. The van der Waals surface area contributed by atoms with Gasteiger partial charge >= 0.3 is 6.61 Å². The van der Waals surface area contributed by atoms with Crippen LogP contribution in [0.5, 0.6) is 5.75 Å². The molecule has 0 atom stereocenters. The Morgan fingerprint density at radius 2 is 1.93 bits per heavy atom. The van der Waals surface area contributed by atoms with Crippen molar-refractivity contribution < 1.29 is 22.8 Å². The zero-order chi connectivity index (χ0) is 20.8. The number of rotatable bonds is 8. The van der Waals surface area contributed by atoms with E-state index in [0.717, 1.165) is 10.5 Å². The number of carbonyl (C=O) groups excluding carboxylic acids is 1. The van der Waals surface area contributed by atoms with Crippen molar-refractivity contribution in [2.45, 2.75) is 30.7 Å². The molecule has 1 aromatic heterocycles. The van der Waals surface area contributed by atoms with Crippen LogP contribution in [-0.2, 0) is 12.3 Å². The van der Waals surface area contributed by atoms with E-state index in [0.29, 0.717) is 29.6 Å². The highest BCUT2D eigenvalue weighted by atomic mass is 32.2. The lowest BCUT2D eigenvalue weighted by molar-refractivity contribution is -0.0498. The average molecular weight is 419 g/mol. The first kappa shape index (κ1) is 20.8. The Morgan fingerprint density at radius 3 is 2.59 bits per heavy atom. The van der Waals surface area contributed by atoms with Crippen molar-refractivity contribution >= 4 is 17.7 Å². The minimum Gasteiger partial charge on any atom is -0.435 e. The van der Waals surface area contributed by atoms with Crippen LogP contribution in [0.4, 0.5) is 8.78 Å². The number of carbonyl (C=O) groups is 1. The molecule has 0 aliphatic rings. The van der Waals surface area contributed by atoms with E-state index in [1.807, 2.05) is 12.1 Å². The van der Waals surface area contributed by atoms with E-state index in [1.165, 1.54) is 23.9 Å². The van der Waals surface area contributed by atoms with E-state index in [9.17, 15) is 13.6 Å². The number of alkyl halides is 2. The zero-order valence-electron chi connectivity index (χ0n) is 15.8. The van der Waals surface area contributed by atoms with Crippen molar-refractivity contribution in [1.29, 1.82) is 0 Å². The second kappa shape index (κ2) is 9.51. The third-order valence-corrected chi connectivity index (χ3v) is 5.01. The molecule has 0 radical (unpaired) electrons. The number of amides is 1. The second-order valence-electron chi connectivity index (χ2n) is 6.20. The van der Waals surface area contributed by atoms with Crippen LogP contribution in [0.25, 0.3) is 0 Å². The minimum absolute atomic E-state index is 0.0794. The molecule has 9 heteroatoms. The number of hydrogen-bond acceptors (Lipinski definition) is 6. The molecular weight excluding hydrogens is 400 g/mol. The Labute approximate surface area is 170 Å². The Morgan fingerprint density at radius 1 is 1.21 bits per heavy atom. The van der Waals surface area contributed by atoms with Crippen LogP contribution in [0, 0.1) is 6.92 Å². The van der Waals surface area contributed by atoms with Crippen LogP contribution in [0.15, 0.2) is 57.9 Å². The van der Waals surface area contributed by atoms with Gasteiger partial charge in [-0.15, -0.1) is 11.8 Å². The maximum absolute atomic E-state index is 12.9. The monoisotopic (exact) mass is 419 g/mol. The van der Waals surface area contributed by atoms with Crippen molar-refractivity contribution in [3.63, 3.8) is 0 Å². The van der Waals surface area contributed by atoms with Gasteiger partial charge in [0, 0.05) is 18.5 Å². The maximum Gasteiger partial charge on any atom is 0.387 e. The fourth-order valence-electron chi connectivity index (χ4n) is 2.63. The summed E-state index contributed by atoms with van der Waals surface area (Å²) in [4.78, 5) is 19.5. The predicted octanol–water partition coefficient (Wildman–Crippen LogP) is 4.54. The summed E-state index contributed by atoms with van der Waals surface area (Å²) in [6.07, 6.45) is 0. The third-order valence-electron chi connectivity index (χ3n) is 3.95. The van der Waals surface area contributed by atoms with Gasteiger partial charge in [-0.3, -0.25) is 4.79 Å². The van der Waals surface area contributed by atoms with E-state index >= 15 is 0 Å². The summed E-state index contributed by atoms with van der Waals surface area (Å²) in [6, 6.07) is 13.5. The molecule has 0 saturated carbocycles. The number of hydrogen-bond donors (Lipinski definition) is 0. The summed E-state index contributed by atoms with van der Waals surface area (Å²) in [5, 5.41) is 3.76. The van der Waals surface area contributed by atoms with Crippen molar-refractivity contribution in [3.8, 4) is 5.75 Å². The number of ether oxygens (including phenoxy) is 1. The fourth-order valence-corrected chi connectivity index (χ4v) is 3.52. The Kier molecular flexibility index (Phi) is 6.82. The van der Waals surface area contributed by atoms with Gasteiger partial charge in [0.2, 0.25) is 5.89 Å². The molecule has 0 aliphatic carbocycles. The van der Waals surface area contributed by atoms with Gasteiger partial charge in [0.05, 0.1) is 11.3 Å². The van der Waals surface area contributed by atoms with Crippen molar-refractivity contribution in [2.75, 3.05) is 7.05 Å². The molecule has 29 heavy (non-hydrogen) atoms. The van der Waals surface area contributed by atoms with E-state index < -0.39 is 6.61 Å². The molecule has 3 aromatic rings. The highest BCUT2D eigenvalue weighted by Crippen LogP contribution is 2.27. The number of aromatic nitrogens is 2. The number of nitrogens with zero attached hydrogens (tertiary/aromatic N) is 3. The van der Waals surface area contributed by atoms with E-state index in [-0.39, 0.29) is 11.7 Å². The summed E-state index contributed by atoms with van der Waals surface area (Å²) in [7, 11) is 1.69. The molecule has 6 nitrogen and oxygen atoms in total. The first-order valence-corrected chi connectivity index (χ1v) is 9.71. The smallest absolute Gasteiger partial charge is 0.387 e. The van der Waals surface area contributed by atoms with Gasteiger partial charge in [0.25, 0.3) is 5.91 Å². The van der Waals surface area contributed by atoms with Crippen LogP contribution in [0.3, 0.4) is 0 Å². The maximum atomic E-state index is 12.9. The van der Waals surface area contributed by atoms with Crippen molar-refractivity contribution in [3.05, 3.63) is 71.4 Å². The molecule has 0 fully saturated rings. The van der Waals surface area contributed by atoms with Gasteiger partial charge < -0.3 is 14.2 Å². The molecule has 2 aromatic carbocycles. The van der Waals surface area contributed by atoms with E-state index in [1.54, 1.807) is 43.1 Å². The summed E-state index contributed by atoms with van der Waals surface area (Å²) in [6.45, 7) is -0.790. The molecule has 1 amide bonds. The van der Waals surface area contributed by atoms with Crippen molar-refractivity contribution in [2.24, 2.45) is 0 Å². The normalized spacial score (nSPS) is 10.9. The van der Waals surface area contributed by atoms with Gasteiger partial charge in [0.1, 0.15) is 5.75 Å². The Bertz CT molecular complexity index is 964. The molecule has 3 rings (SSSR count). The molecule has 0 spiro atoms. The number of aryl methyl sites for hydroxylation is 1. The van der Waals surface area contributed by atoms with Gasteiger partial charge in [-0.1, -0.05) is 29.4 Å². The lowest BCUT2D eigenvalue weighted by Crippen LogP contribution is -2.26. The standard InChI is InChI=1S/C20H19F2N3O3S/c1-13-23-18(28-24-13)12-29-17-6-4-3-5-16(17)19(26)25(2)11-14-7-9-15(10-8-14)27-20(21)22/h3-10,20H,11-12H2,1-2H3. The zero-order valence-corrected chi connectivity index (χ0v) is 16.7. The molecule has 0 N–H and O–H groups in total. The van der Waals surface area contributed by atoms with Gasteiger partial charge in [-0.2, -0.15) is 13.8 Å². The quantitative estimate of drug-likeness (QED) is 0.499. The van der Waals surface area contributed by atoms with Crippen LogP contribution in [0.2, 0.25) is 0 Å². The predicted molar refractivity (Wildman–Crippen MR) is 104 cm³/mol. The molecular formula is C20H19F2N3O3S. The summed E-state index contributed by atoms with van der Waals surface area (Å²) in [5.41, 5.74) is 1.36. The molecule has 152 valence electrons. The second-order valence-corrected chi connectivity index (χ2v) is 7.22. The molecule has 1 heterocycles. The van der Waals surface area contributed by atoms with E-state index in [4.69, 9.17) is 4.52 Å². The first-order valence-electron chi connectivity index (χ1n) is 8.72. The Balaban J connectivity index is 1.66. The van der Waals surface area contributed by atoms with Gasteiger partial charge in [-0.05, 0) is 36.8 Å². The fraction of sp³-hybridized carbons (Fsp3) is 0.250. The van der Waals surface area contributed by atoms with Crippen LogP contribution in [0.1, 0.15) is 27.6 Å². The topological polar surface area (TPSA) is 68.5 Å². The SMILES string of the molecule is Cc1noc(CSc2ccccc2C(=O)N(C)Cc2ccc(OC(F)F)cc2)n1. The summed E-state index contributed by atoms with van der Waals surface area (Å²) in [5.74, 6) is 1.45. The van der Waals surface area contributed by atoms with Crippen LogP contribution < -0.4 is 4.74 Å². The molecule has 0 saturated heterocycles. The van der Waals surface area contributed by atoms with Gasteiger partial charge in [-0.25, -0.2) is 0 Å². The van der Waals surface area contributed by atoms with Crippen LogP contribution >= 0.6 is 11.8 Å². The average Bonchev–Trinajstić information content (AvgIpc) is 3.12. The molecule has 0 aliphatic heterocycles. The highest BCUT2D eigenvalue weighted by Gasteiger charge is 2.17. The lowest BCUT2D eigenvalue weighted by Gasteiger charge is -2.19. The lowest BCUT2D eigenvalue weighted by atomic mass is 10.1. The first-order chi connectivity index (χ1) is 13.9. The van der Waals surface area contributed by atoms with Gasteiger partial charge in [0.15, 0.2) is 5.82 Å². The number of benzene rings is 2. The Hall–Kier alpha value is -2.94. The summed E-state index contributed by atoms with van der Waals surface area (Å²) >= 11 is 1.44.